The van der Waals surface area contributed by atoms with Crippen LogP contribution in [0.2, 0.25) is 0 Å². The normalized spacial score (nSPS) is 28.1. The van der Waals surface area contributed by atoms with Crippen LogP contribution in [0.3, 0.4) is 0 Å². The van der Waals surface area contributed by atoms with E-state index in [1.807, 2.05) is 4.90 Å². The van der Waals surface area contributed by atoms with Crippen LogP contribution in [-0.4, -0.2) is 40.9 Å². The Kier molecular flexibility index (Phi) is 2.47. The van der Waals surface area contributed by atoms with Crippen LogP contribution in [0.1, 0.15) is 12.8 Å². The number of fused-ring (bicyclic) bond motifs is 1. The molecule has 1 aromatic heterocycles. The van der Waals surface area contributed by atoms with Gasteiger partial charge in [0.05, 0.1) is 0 Å². The fraction of sp³-hybridized carbons (Fsp3) is 0.700. The van der Waals surface area contributed by atoms with Crippen molar-refractivity contribution in [2.45, 2.75) is 18.9 Å². The van der Waals surface area contributed by atoms with Gasteiger partial charge in [-0.15, -0.1) is 5.10 Å². The molecule has 0 aliphatic carbocycles. The third-order valence-electron chi connectivity index (χ3n) is 3.59. The minimum absolute atomic E-state index is 0.320. The van der Waals surface area contributed by atoms with Crippen molar-refractivity contribution in [2.75, 3.05) is 24.5 Å². The van der Waals surface area contributed by atoms with E-state index in [2.05, 4.69) is 20.5 Å². The zero-order chi connectivity index (χ0) is 11.8. The van der Waals surface area contributed by atoms with Gasteiger partial charge in [-0.25, -0.2) is 9.89 Å². The summed E-state index contributed by atoms with van der Waals surface area (Å²) < 4.78 is 0. The van der Waals surface area contributed by atoms with Crippen molar-refractivity contribution < 1.29 is 0 Å². The molecule has 3 rings (SSSR count). The minimum atomic E-state index is -0.562. The number of nitrogens with one attached hydrogen (secondary N) is 3. The van der Waals surface area contributed by atoms with Crippen LogP contribution in [0.25, 0.3) is 0 Å². The third kappa shape index (κ3) is 1.86. The van der Waals surface area contributed by atoms with Gasteiger partial charge in [-0.1, -0.05) is 0 Å². The molecule has 3 heterocycles. The van der Waals surface area contributed by atoms with E-state index < -0.39 is 11.2 Å². The number of hydrogen-bond donors (Lipinski definition) is 3. The Bertz CT molecular complexity index is 508. The van der Waals surface area contributed by atoms with Gasteiger partial charge >= 0.3 is 5.69 Å². The summed E-state index contributed by atoms with van der Waals surface area (Å²) in [4.78, 5) is 26.7. The van der Waals surface area contributed by atoms with Gasteiger partial charge < -0.3 is 10.2 Å². The molecular weight excluding hydrogens is 222 g/mol. The lowest BCUT2D eigenvalue weighted by atomic mass is 9.94. The van der Waals surface area contributed by atoms with Crippen molar-refractivity contribution in [3.05, 3.63) is 20.8 Å². The summed E-state index contributed by atoms with van der Waals surface area (Å²) in [5, 5.41) is 9.57. The molecule has 7 nitrogen and oxygen atoms in total. The first-order chi connectivity index (χ1) is 8.24. The van der Waals surface area contributed by atoms with Crippen LogP contribution >= 0.6 is 0 Å². The van der Waals surface area contributed by atoms with E-state index in [1.165, 1.54) is 12.8 Å². The van der Waals surface area contributed by atoms with E-state index in [4.69, 9.17) is 0 Å². The molecule has 0 aromatic carbocycles. The molecule has 0 spiro atoms. The molecule has 0 radical (unpaired) electrons. The van der Waals surface area contributed by atoms with Gasteiger partial charge in [-0.05, 0) is 25.3 Å². The number of H-pyrrole nitrogens is 2. The molecule has 3 N–H and O–H groups in total. The lowest BCUT2D eigenvalue weighted by Gasteiger charge is -2.24. The Labute approximate surface area is 97.2 Å². The standard InChI is InChI=1S/C10H15N5O2/c16-9-8(13-14-10(17)12-9)15-4-6-2-1-3-11-7(6)5-15/h6-7,11H,1-5H2,(H2,12,14,16,17)/t6-,7+/m0/s1. The van der Waals surface area contributed by atoms with E-state index in [-0.39, 0.29) is 0 Å². The second-order valence-corrected chi connectivity index (χ2v) is 4.70. The highest BCUT2D eigenvalue weighted by atomic mass is 16.2. The maximum Gasteiger partial charge on any atom is 0.342 e. The lowest BCUT2D eigenvalue weighted by Crippen LogP contribution is -2.41. The topological polar surface area (TPSA) is 93.9 Å². The summed E-state index contributed by atoms with van der Waals surface area (Å²) in [6.45, 7) is 2.66. The van der Waals surface area contributed by atoms with Crippen LogP contribution in [0, 0.1) is 5.92 Å². The van der Waals surface area contributed by atoms with Crippen molar-refractivity contribution in [1.29, 1.82) is 0 Å². The molecule has 0 bridgehead atoms. The second-order valence-electron chi connectivity index (χ2n) is 4.70. The van der Waals surface area contributed by atoms with Crippen LogP contribution in [0.15, 0.2) is 9.59 Å². The predicted molar refractivity (Wildman–Crippen MR) is 62.2 cm³/mol. The van der Waals surface area contributed by atoms with E-state index in [9.17, 15) is 9.59 Å². The maximum absolute atomic E-state index is 11.6. The molecule has 1 aromatic rings. The maximum atomic E-state index is 11.6. The highest BCUT2D eigenvalue weighted by molar-refractivity contribution is 5.37. The summed E-state index contributed by atoms with van der Waals surface area (Å²) in [6, 6.07) is 0.442. The smallest absolute Gasteiger partial charge is 0.342 e. The lowest BCUT2D eigenvalue weighted by molar-refractivity contribution is 0.340. The molecule has 2 aliphatic heterocycles. The number of anilines is 1. The second kappa shape index (κ2) is 3.99. The molecule has 0 saturated carbocycles. The summed E-state index contributed by atoms with van der Waals surface area (Å²) >= 11 is 0. The quantitative estimate of drug-likeness (QED) is 0.561. The minimum Gasteiger partial charge on any atom is -0.349 e. The monoisotopic (exact) mass is 237 g/mol. The Morgan fingerprint density at radius 2 is 2.18 bits per heavy atom. The summed E-state index contributed by atoms with van der Waals surface area (Å²) in [5.74, 6) is 0.901. The molecular formula is C10H15N5O2. The van der Waals surface area contributed by atoms with Gasteiger partial charge in [-0.3, -0.25) is 9.78 Å². The predicted octanol–water partition coefficient (Wildman–Crippen LogP) is -1.35. The van der Waals surface area contributed by atoms with Crippen molar-refractivity contribution >= 4 is 5.82 Å². The van der Waals surface area contributed by atoms with Gasteiger partial charge in [0.25, 0.3) is 5.56 Å². The van der Waals surface area contributed by atoms with Crippen molar-refractivity contribution in [1.82, 2.24) is 20.5 Å². The first kappa shape index (κ1) is 10.5. The zero-order valence-electron chi connectivity index (χ0n) is 9.40. The summed E-state index contributed by atoms with van der Waals surface area (Å²) in [7, 11) is 0. The fourth-order valence-corrected chi connectivity index (χ4v) is 2.78. The van der Waals surface area contributed by atoms with Crippen LogP contribution in [0.5, 0.6) is 0 Å². The third-order valence-corrected chi connectivity index (χ3v) is 3.59. The molecule has 0 unspecified atom stereocenters. The molecule has 0 amide bonds. The molecule has 92 valence electrons. The summed E-state index contributed by atoms with van der Waals surface area (Å²) in [5.41, 5.74) is -0.971. The fourth-order valence-electron chi connectivity index (χ4n) is 2.78. The molecule has 7 heteroatoms. The molecule has 2 atom stereocenters. The van der Waals surface area contributed by atoms with E-state index in [0.717, 1.165) is 19.6 Å². The van der Waals surface area contributed by atoms with Crippen molar-refractivity contribution in [2.24, 2.45) is 5.92 Å². The first-order valence-corrected chi connectivity index (χ1v) is 5.91. The Balaban J connectivity index is 1.86. The number of piperidine rings is 1. The zero-order valence-corrected chi connectivity index (χ0v) is 9.40. The number of aromatic amines is 2. The van der Waals surface area contributed by atoms with Crippen LogP contribution < -0.4 is 21.5 Å². The number of nitrogens with zero attached hydrogens (tertiary/aromatic N) is 2. The molecule has 2 saturated heterocycles. The van der Waals surface area contributed by atoms with Gasteiger partial charge in [0, 0.05) is 19.1 Å². The van der Waals surface area contributed by atoms with Crippen LogP contribution in [-0.2, 0) is 0 Å². The first-order valence-electron chi connectivity index (χ1n) is 5.91. The van der Waals surface area contributed by atoms with Gasteiger partial charge in [0.15, 0.2) is 0 Å². The largest absolute Gasteiger partial charge is 0.349 e. The Morgan fingerprint density at radius 3 is 2.94 bits per heavy atom. The van der Waals surface area contributed by atoms with Gasteiger partial charge in [-0.2, -0.15) is 0 Å². The Hall–Kier alpha value is -1.63. The highest BCUT2D eigenvalue weighted by Crippen LogP contribution is 2.26. The van der Waals surface area contributed by atoms with Crippen LogP contribution in [0.4, 0.5) is 5.82 Å². The van der Waals surface area contributed by atoms with Gasteiger partial charge in [0.2, 0.25) is 5.82 Å². The summed E-state index contributed by atoms with van der Waals surface area (Å²) in [6.07, 6.45) is 2.37. The number of aromatic nitrogens is 3. The number of hydrogen-bond acceptors (Lipinski definition) is 5. The van der Waals surface area contributed by atoms with E-state index in [0.29, 0.717) is 17.8 Å². The van der Waals surface area contributed by atoms with Gasteiger partial charge in [0.1, 0.15) is 0 Å². The average Bonchev–Trinajstić information content (AvgIpc) is 2.72. The van der Waals surface area contributed by atoms with E-state index in [1.54, 1.807) is 0 Å². The SMILES string of the molecule is O=c1[nH]nc(N2C[C@@H]3CCCN[C@@H]3C2)c(=O)[nH]1. The van der Waals surface area contributed by atoms with E-state index >= 15 is 0 Å². The van der Waals surface area contributed by atoms with Crippen molar-refractivity contribution in [3.63, 3.8) is 0 Å². The Morgan fingerprint density at radius 1 is 1.29 bits per heavy atom. The number of rotatable bonds is 1. The molecule has 2 fully saturated rings. The van der Waals surface area contributed by atoms with Crippen molar-refractivity contribution in [3.8, 4) is 0 Å². The molecule has 17 heavy (non-hydrogen) atoms. The average molecular weight is 237 g/mol. The highest BCUT2D eigenvalue weighted by Gasteiger charge is 2.35. The molecule has 2 aliphatic rings.